The van der Waals surface area contributed by atoms with Gasteiger partial charge in [-0.2, -0.15) is 0 Å². The van der Waals surface area contributed by atoms with E-state index in [9.17, 15) is 4.79 Å². The molecule has 12 heavy (non-hydrogen) atoms. The minimum Gasteiger partial charge on any atom is -0.469 e. The third kappa shape index (κ3) is 2.81. The van der Waals surface area contributed by atoms with Gasteiger partial charge in [-0.15, -0.1) is 0 Å². The summed E-state index contributed by atoms with van der Waals surface area (Å²) in [5.41, 5.74) is 0. The highest BCUT2D eigenvalue weighted by Crippen LogP contribution is 2.09. The maximum atomic E-state index is 11.1. The molecule has 0 amide bonds. The van der Waals surface area contributed by atoms with Crippen LogP contribution in [0.2, 0.25) is 0 Å². The zero-order valence-corrected chi connectivity index (χ0v) is 8.63. The summed E-state index contributed by atoms with van der Waals surface area (Å²) in [5.74, 6) is -0.192. The zero-order valence-electron chi connectivity index (χ0n) is 8.63. The Balaban J connectivity index is 4.08. The summed E-state index contributed by atoms with van der Waals surface area (Å²) in [6.07, 6.45) is 0. The van der Waals surface area contributed by atoms with E-state index in [1.807, 2.05) is 20.9 Å². The number of carbonyl (C=O) groups is 1. The Hall–Kier alpha value is -0.570. The first-order chi connectivity index (χ1) is 5.54. The molecule has 2 unspecified atom stereocenters. The third-order valence-corrected chi connectivity index (χ3v) is 2.49. The van der Waals surface area contributed by atoms with E-state index >= 15 is 0 Å². The van der Waals surface area contributed by atoms with E-state index < -0.39 is 0 Å². The molecule has 2 atom stereocenters. The van der Waals surface area contributed by atoms with Gasteiger partial charge in [0.15, 0.2) is 0 Å². The number of ether oxygens (including phenoxy) is 1. The Kier molecular flexibility index (Phi) is 4.90. The molecule has 72 valence electrons. The van der Waals surface area contributed by atoms with Crippen LogP contribution in [0.25, 0.3) is 0 Å². The van der Waals surface area contributed by atoms with Crippen molar-refractivity contribution in [3.05, 3.63) is 0 Å². The van der Waals surface area contributed by atoms with Crippen molar-refractivity contribution >= 4 is 5.97 Å². The lowest BCUT2D eigenvalue weighted by Gasteiger charge is -2.26. The van der Waals surface area contributed by atoms with Gasteiger partial charge in [0.1, 0.15) is 0 Å². The highest BCUT2D eigenvalue weighted by Gasteiger charge is 2.22. The van der Waals surface area contributed by atoms with Crippen LogP contribution in [-0.2, 0) is 9.53 Å². The Morgan fingerprint density at radius 1 is 1.50 bits per heavy atom. The van der Waals surface area contributed by atoms with Crippen LogP contribution in [0.4, 0.5) is 0 Å². The van der Waals surface area contributed by atoms with Crippen molar-refractivity contribution in [3.8, 4) is 0 Å². The maximum absolute atomic E-state index is 11.1. The van der Waals surface area contributed by atoms with Crippen molar-refractivity contribution in [3.63, 3.8) is 0 Å². The second-order valence-corrected chi connectivity index (χ2v) is 3.13. The smallest absolute Gasteiger partial charge is 0.309 e. The van der Waals surface area contributed by atoms with Crippen LogP contribution in [0.15, 0.2) is 0 Å². The predicted octanol–water partition coefficient (Wildman–Crippen LogP) is 1.14. The molecule has 0 aromatic heterocycles. The van der Waals surface area contributed by atoms with Gasteiger partial charge in [0, 0.05) is 6.04 Å². The van der Waals surface area contributed by atoms with Gasteiger partial charge in [0.2, 0.25) is 0 Å². The topological polar surface area (TPSA) is 29.5 Å². The summed E-state index contributed by atoms with van der Waals surface area (Å²) in [7, 11) is 3.43. The molecule has 0 N–H and O–H groups in total. The van der Waals surface area contributed by atoms with E-state index in [1.165, 1.54) is 7.11 Å². The van der Waals surface area contributed by atoms with Crippen LogP contribution in [0.3, 0.4) is 0 Å². The van der Waals surface area contributed by atoms with Crippen LogP contribution in [0.5, 0.6) is 0 Å². The van der Waals surface area contributed by atoms with Crippen LogP contribution in [0, 0.1) is 5.92 Å². The lowest BCUT2D eigenvalue weighted by Crippen LogP contribution is -2.38. The van der Waals surface area contributed by atoms with Crippen LogP contribution < -0.4 is 0 Å². The number of rotatable bonds is 4. The van der Waals surface area contributed by atoms with Gasteiger partial charge in [0.25, 0.3) is 0 Å². The highest BCUT2D eigenvalue weighted by molar-refractivity contribution is 5.72. The summed E-state index contributed by atoms with van der Waals surface area (Å²) in [4.78, 5) is 13.3. The van der Waals surface area contributed by atoms with Crippen LogP contribution in [0.1, 0.15) is 20.8 Å². The summed E-state index contributed by atoms with van der Waals surface area (Å²) in [6.45, 7) is 6.94. The molecule has 0 aromatic carbocycles. The standard InChI is InChI=1S/C9H19NO2/c1-6-10(4)8(3)7(2)9(11)12-5/h7-8H,6H2,1-5H3. The number of carbonyl (C=O) groups excluding carboxylic acids is 1. The van der Waals surface area contributed by atoms with Crippen molar-refractivity contribution in [1.29, 1.82) is 0 Å². The van der Waals surface area contributed by atoms with E-state index in [2.05, 4.69) is 16.6 Å². The molecule has 0 bridgehead atoms. The zero-order chi connectivity index (χ0) is 9.72. The number of esters is 1. The molecule has 0 spiro atoms. The summed E-state index contributed by atoms with van der Waals surface area (Å²) in [6, 6.07) is 0.238. The Labute approximate surface area is 74.7 Å². The van der Waals surface area contributed by atoms with Gasteiger partial charge in [-0.05, 0) is 20.5 Å². The first-order valence-corrected chi connectivity index (χ1v) is 4.32. The SMILES string of the molecule is CCN(C)C(C)C(C)C(=O)OC. The van der Waals surface area contributed by atoms with Gasteiger partial charge >= 0.3 is 5.97 Å². The molecular formula is C9H19NO2. The van der Waals surface area contributed by atoms with Gasteiger partial charge in [-0.25, -0.2) is 0 Å². The Bertz CT molecular complexity index is 147. The third-order valence-electron chi connectivity index (χ3n) is 2.49. The molecule has 0 aliphatic carbocycles. The lowest BCUT2D eigenvalue weighted by atomic mass is 10.0. The molecule has 0 saturated heterocycles. The average Bonchev–Trinajstić information content (AvgIpc) is 2.12. The fourth-order valence-corrected chi connectivity index (χ4v) is 1.05. The quantitative estimate of drug-likeness (QED) is 0.597. The van der Waals surface area contributed by atoms with Gasteiger partial charge in [-0.1, -0.05) is 13.8 Å². The molecular weight excluding hydrogens is 154 g/mol. The number of methoxy groups -OCH3 is 1. The molecule has 0 aromatic rings. The Morgan fingerprint density at radius 2 is 2.00 bits per heavy atom. The molecule has 0 heterocycles. The van der Waals surface area contributed by atoms with Crippen molar-refractivity contribution < 1.29 is 9.53 Å². The second kappa shape index (κ2) is 5.14. The van der Waals surface area contributed by atoms with Crippen molar-refractivity contribution in [2.45, 2.75) is 26.8 Å². The van der Waals surface area contributed by atoms with Crippen molar-refractivity contribution in [1.82, 2.24) is 4.90 Å². The molecule has 0 rings (SSSR count). The first kappa shape index (κ1) is 11.4. The summed E-state index contributed by atoms with van der Waals surface area (Å²) >= 11 is 0. The molecule has 0 aliphatic heterocycles. The predicted molar refractivity (Wildman–Crippen MR) is 48.9 cm³/mol. The van der Waals surface area contributed by atoms with Gasteiger partial charge in [0.05, 0.1) is 13.0 Å². The molecule has 3 nitrogen and oxygen atoms in total. The van der Waals surface area contributed by atoms with E-state index in [-0.39, 0.29) is 17.9 Å². The second-order valence-electron chi connectivity index (χ2n) is 3.13. The van der Waals surface area contributed by atoms with Crippen molar-refractivity contribution in [2.75, 3.05) is 20.7 Å². The first-order valence-electron chi connectivity index (χ1n) is 4.32. The number of hydrogen-bond acceptors (Lipinski definition) is 3. The minimum atomic E-state index is -0.136. The minimum absolute atomic E-state index is 0.0556. The molecule has 0 saturated carbocycles. The van der Waals surface area contributed by atoms with E-state index in [4.69, 9.17) is 0 Å². The van der Waals surface area contributed by atoms with E-state index in [1.54, 1.807) is 0 Å². The van der Waals surface area contributed by atoms with E-state index in [0.717, 1.165) is 6.54 Å². The number of hydrogen-bond donors (Lipinski definition) is 0. The molecule has 0 fully saturated rings. The highest BCUT2D eigenvalue weighted by atomic mass is 16.5. The van der Waals surface area contributed by atoms with E-state index in [0.29, 0.717) is 0 Å². The summed E-state index contributed by atoms with van der Waals surface area (Å²) in [5, 5.41) is 0. The molecule has 3 heteroatoms. The summed E-state index contributed by atoms with van der Waals surface area (Å²) < 4.78 is 4.66. The lowest BCUT2D eigenvalue weighted by molar-refractivity contribution is -0.146. The molecule has 0 radical (unpaired) electrons. The fraction of sp³-hybridized carbons (Fsp3) is 0.889. The normalized spacial score (nSPS) is 15.8. The number of nitrogens with zero attached hydrogens (tertiary/aromatic N) is 1. The fourth-order valence-electron chi connectivity index (χ4n) is 1.05. The largest absolute Gasteiger partial charge is 0.469 e. The Morgan fingerprint density at radius 3 is 2.33 bits per heavy atom. The molecule has 0 aliphatic rings. The van der Waals surface area contributed by atoms with Crippen molar-refractivity contribution in [2.24, 2.45) is 5.92 Å². The van der Waals surface area contributed by atoms with Gasteiger partial charge < -0.3 is 9.64 Å². The van der Waals surface area contributed by atoms with Crippen LogP contribution in [-0.4, -0.2) is 37.6 Å². The average molecular weight is 173 g/mol. The van der Waals surface area contributed by atoms with Gasteiger partial charge in [-0.3, -0.25) is 4.79 Å². The monoisotopic (exact) mass is 173 g/mol. The van der Waals surface area contributed by atoms with Crippen LogP contribution >= 0.6 is 0 Å². The maximum Gasteiger partial charge on any atom is 0.309 e.